The van der Waals surface area contributed by atoms with Crippen molar-refractivity contribution in [1.29, 1.82) is 0 Å². The summed E-state index contributed by atoms with van der Waals surface area (Å²) in [5, 5.41) is 17.9. The Morgan fingerprint density at radius 1 is 1.03 bits per heavy atom. The third-order valence-corrected chi connectivity index (χ3v) is 5.34. The van der Waals surface area contributed by atoms with E-state index in [1.165, 1.54) is 31.4 Å². The van der Waals surface area contributed by atoms with Gasteiger partial charge in [0.1, 0.15) is 23.3 Å². The number of carbonyl (C=O) groups is 1. The molecule has 0 aromatic heterocycles. The smallest absolute Gasteiger partial charge is 0.407 e. The molecule has 3 atom stereocenters. The number of alkyl halides is 3. The van der Waals surface area contributed by atoms with E-state index in [1.807, 2.05) is 13.8 Å². The molecule has 7 nitrogen and oxygen atoms in total. The van der Waals surface area contributed by atoms with Crippen LogP contribution < -0.4 is 25.4 Å². The van der Waals surface area contributed by atoms with Gasteiger partial charge in [0.2, 0.25) is 5.91 Å². The van der Waals surface area contributed by atoms with E-state index in [0.29, 0.717) is 23.7 Å². The number of amides is 1. The van der Waals surface area contributed by atoms with E-state index in [1.54, 1.807) is 32.2 Å². The second-order valence-corrected chi connectivity index (χ2v) is 8.77. The first kappa shape index (κ1) is 28.1. The molecular formula is C25H34F3N3O4. The van der Waals surface area contributed by atoms with Crippen molar-refractivity contribution >= 4 is 11.6 Å². The van der Waals surface area contributed by atoms with E-state index >= 15 is 0 Å². The minimum atomic E-state index is -4.63. The van der Waals surface area contributed by atoms with E-state index in [-0.39, 0.29) is 29.7 Å². The van der Waals surface area contributed by atoms with Crippen molar-refractivity contribution in [2.45, 2.75) is 51.5 Å². The maximum atomic E-state index is 13.9. The molecule has 0 spiro atoms. The van der Waals surface area contributed by atoms with Crippen LogP contribution >= 0.6 is 0 Å². The zero-order valence-corrected chi connectivity index (χ0v) is 20.6. The van der Waals surface area contributed by atoms with Gasteiger partial charge in [0.05, 0.1) is 25.9 Å². The van der Waals surface area contributed by atoms with Crippen LogP contribution in [0.4, 0.5) is 18.9 Å². The molecule has 0 saturated carbocycles. The maximum absolute atomic E-state index is 13.9. The standard InChI is InChI=1S/C25H34F3N3O4/c1-15(2)12-21(31-23(25(26,27)28)17-6-8-18(32)9-7-17)24(33)30-16(3)14-29-20-11-10-19(34-4)13-22(20)35-5/h6-11,13,15-16,21,23,29,31-32H,12,14H2,1-5H3,(H,30,33)/t16-,21-,23-/m0/s1. The lowest BCUT2D eigenvalue weighted by Crippen LogP contribution is -2.52. The van der Waals surface area contributed by atoms with Gasteiger partial charge in [0.15, 0.2) is 0 Å². The Bertz CT molecular complexity index is 952. The molecule has 1 amide bonds. The van der Waals surface area contributed by atoms with E-state index in [4.69, 9.17) is 9.47 Å². The van der Waals surface area contributed by atoms with Crippen LogP contribution in [0, 0.1) is 5.92 Å². The summed E-state index contributed by atoms with van der Waals surface area (Å²) in [5.41, 5.74) is 0.605. The third-order valence-electron chi connectivity index (χ3n) is 5.34. The van der Waals surface area contributed by atoms with Gasteiger partial charge in [-0.15, -0.1) is 0 Å². The number of aromatic hydroxyl groups is 1. The van der Waals surface area contributed by atoms with Crippen LogP contribution in [0.3, 0.4) is 0 Å². The minimum Gasteiger partial charge on any atom is -0.508 e. The number of halogens is 3. The number of rotatable bonds is 12. The summed E-state index contributed by atoms with van der Waals surface area (Å²) in [6.07, 6.45) is -4.42. The summed E-state index contributed by atoms with van der Waals surface area (Å²) < 4.78 is 52.2. The van der Waals surface area contributed by atoms with Crippen molar-refractivity contribution in [2.24, 2.45) is 5.92 Å². The number of methoxy groups -OCH3 is 2. The predicted molar refractivity (Wildman–Crippen MR) is 129 cm³/mol. The summed E-state index contributed by atoms with van der Waals surface area (Å²) >= 11 is 0. The van der Waals surface area contributed by atoms with Crippen LogP contribution in [0.1, 0.15) is 38.8 Å². The molecule has 194 valence electrons. The van der Waals surface area contributed by atoms with Crippen LogP contribution in [-0.4, -0.2) is 50.0 Å². The number of carbonyl (C=O) groups excluding carboxylic acids is 1. The molecular weight excluding hydrogens is 463 g/mol. The molecule has 0 aliphatic heterocycles. The number of phenols is 1. The molecule has 0 unspecified atom stereocenters. The average molecular weight is 498 g/mol. The average Bonchev–Trinajstić information content (AvgIpc) is 2.79. The first-order valence-electron chi connectivity index (χ1n) is 11.3. The van der Waals surface area contributed by atoms with Gasteiger partial charge in [-0.25, -0.2) is 0 Å². The first-order chi connectivity index (χ1) is 16.4. The SMILES string of the molecule is COc1ccc(NC[C@H](C)NC(=O)[C@H](CC(C)C)N[C@@H](c2ccc(O)cc2)C(F)(F)F)c(OC)c1. The van der Waals surface area contributed by atoms with Gasteiger partial charge < -0.3 is 25.2 Å². The fourth-order valence-electron chi connectivity index (χ4n) is 3.57. The molecule has 10 heteroatoms. The minimum absolute atomic E-state index is 0.0241. The molecule has 0 bridgehead atoms. The highest BCUT2D eigenvalue weighted by Gasteiger charge is 2.43. The second kappa shape index (κ2) is 12.5. The number of ether oxygens (including phenoxy) is 2. The quantitative estimate of drug-likeness (QED) is 0.342. The summed E-state index contributed by atoms with van der Waals surface area (Å²) in [7, 11) is 3.07. The molecule has 0 fully saturated rings. The third kappa shape index (κ3) is 8.54. The molecule has 0 heterocycles. The van der Waals surface area contributed by atoms with Crippen LogP contribution in [0.5, 0.6) is 17.2 Å². The van der Waals surface area contributed by atoms with Crippen LogP contribution in [0.15, 0.2) is 42.5 Å². The Labute approximate surface area is 204 Å². The maximum Gasteiger partial charge on any atom is 0.407 e. The molecule has 2 rings (SSSR count). The van der Waals surface area contributed by atoms with Crippen molar-refractivity contribution in [3.63, 3.8) is 0 Å². The Hall–Kier alpha value is -3.14. The number of anilines is 1. The van der Waals surface area contributed by atoms with Gasteiger partial charge in [0, 0.05) is 18.7 Å². The fraction of sp³-hybridized carbons (Fsp3) is 0.480. The number of hydrogen-bond acceptors (Lipinski definition) is 6. The zero-order chi connectivity index (χ0) is 26.2. The van der Waals surface area contributed by atoms with E-state index in [2.05, 4.69) is 16.0 Å². The lowest BCUT2D eigenvalue weighted by Gasteiger charge is -2.29. The largest absolute Gasteiger partial charge is 0.508 e. The van der Waals surface area contributed by atoms with E-state index in [9.17, 15) is 23.1 Å². The molecule has 2 aromatic carbocycles. The molecule has 35 heavy (non-hydrogen) atoms. The zero-order valence-electron chi connectivity index (χ0n) is 20.6. The topological polar surface area (TPSA) is 91.9 Å². The highest BCUT2D eigenvalue weighted by Crippen LogP contribution is 2.34. The van der Waals surface area contributed by atoms with Gasteiger partial charge in [-0.2, -0.15) is 13.2 Å². The molecule has 2 aromatic rings. The van der Waals surface area contributed by atoms with Gasteiger partial charge in [-0.3, -0.25) is 10.1 Å². The van der Waals surface area contributed by atoms with E-state index in [0.717, 1.165) is 0 Å². The Kier molecular flexibility index (Phi) is 10.1. The lowest BCUT2D eigenvalue weighted by molar-refractivity contribution is -0.161. The summed E-state index contributed by atoms with van der Waals surface area (Å²) in [6.45, 7) is 5.76. The highest BCUT2D eigenvalue weighted by molar-refractivity contribution is 5.82. The van der Waals surface area contributed by atoms with Gasteiger partial charge in [-0.05, 0) is 49.1 Å². The molecule has 0 aliphatic carbocycles. The predicted octanol–water partition coefficient (Wildman–Crippen LogP) is 4.63. The van der Waals surface area contributed by atoms with Crippen molar-refractivity contribution in [1.82, 2.24) is 10.6 Å². The molecule has 0 saturated heterocycles. The Morgan fingerprint density at radius 2 is 1.69 bits per heavy atom. The lowest BCUT2D eigenvalue weighted by atomic mass is 9.99. The Morgan fingerprint density at radius 3 is 2.23 bits per heavy atom. The van der Waals surface area contributed by atoms with Gasteiger partial charge >= 0.3 is 6.18 Å². The summed E-state index contributed by atoms with van der Waals surface area (Å²) in [5.74, 6) is 0.501. The fourth-order valence-corrected chi connectivity index (χ4v) is 3.57. The van der Waals surface area contributed by atoms with Crippen LogP contribution in [-0.2, 0) is 4.79 Å². The first-order valence-corrected chi connectivity index (χ1v) is 11.3. The van der Waals surface area contributed by atoms with Gasteiger partial charge in [0.25, 0.3) is 0 Å². The molecule has 4 N–H and O–H groups in total. The van der Waals surface area contributed by atoms with Crippen LogP contribution in [0.25, 0.3) is 0 Å². The van der Waals surface area contributed by atoms with Crippen LogP contribution in [0.2, 0.25) is 0 Å². The van der Waals surface area contributed by atoms with E-state index < -0.39 is 24.2 Å². The Balaban J connectivity index is 2.10. The number of hydrogen-bond donors (Lipinski definition) is 4. The van der Waals surface area contributed by atoms with Crippen molar-refractivity contribution < 1.29 is 32.5 Å². The molecule has 0 aliphatic rings. The van der Waals surface area contributed by atoms with Crippen molar-refractivity contribution in [3.05, 3.63) is 48.0 Å². The normalized spacial score (nSPS) is 14.2. The highest BCUT2D eigenvalue weighted by atomic mass is 19.4. The number of phenolic OH excluding ortho intramolecular Hbond substituents is 1. The monoisotopic (exact) mass is 497 g/mol. The second-order valence-electron chi connectivity index (χ2n) is 8.77. The number of nitrogens with one attached hydrogen (secondary N) is 3. The summed E-state index contributed by atoms with van der Waals surface area (Å²) in [6, 6.07) is 6.50. The van der Waals surface area contributed by atoms with Crippen molar-refractivity contribution in [2.75, 3.05) is 26.1 Å². The summed E-state index contributed by atoms with van der Waals surface area (Å²) in [4.78, 5) is 13.0. The van der Waals surface area contributed by atoms with Gasteiger partial charge in [-0.1, -0.05) is 26.0 Å². The van der Waals surface area contributed by atoms with Crippen molar-refractivity contribution in [3.8, 4) is 17.2 Å². The number of benzene rings is 2. The molecule has 0 radical (unpaired) electrons.